The van der Waals surface area contributed by atoms with E-state index in [-0.39, 0.29) is 0 Å². The molecule has 0 aliphatic carbocycles. The summed E-state index contributed by atoms with van der Waals surface area (Å²) in [7, 11) is 1.33. The van der Waals surface area contributed by atoms with Crippen molar-refractivity contribution in [3.05, 3.63) is 41.0 Å². The highest BCUT2D eigenvalue weighted by Crippen LogP contribution is 2.10. The second kappa shape index (κ2) is 5.71. The molecule has 2 heterocycles. The van der Waals surface area contributed by atoms with Crippen molar-refractivity contribution in [3.63, 3.8) is 0 Å². The molecule has 0 atom stereocenters. The fourth-order valence-electron chi connectivity index (χ4n) is 1.61. The van der Waals surface area contributed by atoms with Gasteiger partial charge in [-0.15, -0.1) is 0 Å². The van der Waals surface area contributed by atoms with Gasteiger partial charge in [-0.25, -0.2) is 9.78 Å². The number of aryl methyl sites for hydroxylation is 2. The van der Waals surface area contributed by atoms with E-state index in [1.807, 2.05) is 13.8 Å². The molecular weight excluding hydrogens is 248 g/mol. The highest BCUT2D eigenvalue weighted by atomic mass is 16.5. The molecule has 6 nitrogen and oxygen atoms in total. The van der Waals surface area contributed by atoms with Crippen molar-refractivity contribution < 1.29 is 18.4 Å². The molecule has 0 saturated carbocycles. The van der Waals surface area contributed by atoms with Crippen molar-refractivity contribution in [1.29, 1.82) is 0 Å². The third-order valence-corrected chi connectivity index (χ3v) is 2.72. The van der Waals surface area contributed by atoms with Gasteiger partial charge in [0.2, 0.25) is 5.89 Å². The van der Waals surface area contributed by atoms with Crippen LogP contribution < -0.4 is 5.32 Å². The van der Waals surface area contributed by atoms with Crippen LogP contribution in [0.25, 0.3) is 0 Å². The number of furan rings is 1. The minimum atomic E-state index is -0.408. The molecular formula is C13H16N2O4. The lowest BCUT2D eigenvalue weighted by molar-refractivity contribution is 0.0600. The van der Waals surface area contributed by atoms with Gasteiger partial charge in [0.05, 0.1) is 31.5 Å². The van der Waals surface area contributed by atoms with Crippen LogP contribution >= 0.6 is 0 Å². The Bertz CT molecular complexity index is 551. The van der Waals surface area contributed by atoms with Gasteiger partial charge in [-0.1, -0.05) is 0 Å². The van der Waals surface area contributed by atoms with E-state index in [0.717, 1.165) is 11.5 Å². The van der Waals surface area contributed by atoms with Crippen LogP contribution in [0.4, 0.5) is 0 Å². The molecule has 0 unspecified atom stereocenters. The maximum atomic E-state index is 11.2. The van der Waals surface area contributed by atoms with Crippen LogP contribution in [0.1, 0.15) is 33.5 Å². The molecule has 0 radical (unpaired) electrons. The second-order valence-corrected chi connectivity index (χ2v) is 4.15. The number of esters is 1. The summed E-state index contributed by atoms with van der Waals surface area (Å²) < 4.78 is 15.3. The van der Waals surface area contributed by atoms with Crippen LogP contribution in [0.2, 0.25) is 0 Å². The molecule has 0 aliphatic heterocycles. The van der Waals surface area contributed by atoms with Crippen molar-refractivity contribution in [2.75, 3.05) is 7.11 Å². The van der Waals surface area contributed by atoms with Crippen molar-refractivity contribution >= 4 is 5.97 Å². The van der Waals surface area contributed by atoms with Gasteiger partial charge in [0.25, 0.3) is 0 Å². The zero-order valence-corrected chi connectivity index (χ0v) is 11.1. The molecule has 102 valence electrons. The van der Waals surface area contributed by atoms with Crippen molar-refractivity contribution in [2.45, 2.75) is 26.9 Å². The number of hydrogen-bond acceptors (Lipinski definition) is 6. The molecule has 1 N–H and O–H groups in total. The normalized spacial score (nSPS) is 10.7. The Morgan fingerprint density at radius 1 is 1.42 bits per heavy atom. The van der Waals surface area contributed by atoms with E-state index in [2.05, 4.69) is 15.0 Å². The third-order valence-electron chi connectivity index (χ3n) is 2.72. The standard InChI is InChI=1S/C13H16N2O4/c1-8-9(2)19-12(15-8)6-14-5-11-4-10(7-18-11)13(16)17-3/h4,7,14H,5-6H2,1-3H3. The van der Waals surface area contributed by atoms with Gasteiger partial charge in [-0.05, 0) is 19.9 Å². The predicted molar refractivity (Wildman–Crippen MR) is 66.6 cm³/mol. The first-order chi connectivity index (χ1) is 9.10. The number of nitrogens with zero attached hydrogens (tertiary/aromatic N) is 1. The topological polar surface area (TPSA) is 77.5 Å². The lowest BCUT2D eigenvalue weighted by atomic mass is 10.3. The largest absolute Gasteiger partial charge is 0.467 e. The van der Waals surface area contributed by atoms with Crippen LogP contribution in [0.15, 0.2) is 21.2 Å². The lowest BCUT2D eigenvalue weighted by Crippen LogP contribution is -2.12. The van der Waals surface area contributed by atoms with E-state index in [4.69, 9.17) is 8.83 Å². The summed E-state index contributed by atoms with van der Waals surface area (Å²) in [5, 5.41) is 3.13. The number of aromatic nitrogens is 1. The Labute approximate surface area is 110 Å². The van der Waals surface area contributed by atoms with Gasteiger partial charge < -0.3 is 18.9 Å². The van der Waals surface area contributed by atoms with Crippen LogP contribution in [0.5, 0.6) is 0 Å². The summed E-state index contributed by atoms with van der Waals surface area (Å²) in [5.74, 6) is 1.70. The summed E-state index contributed by atoms with van der Waals surface area (Å²) >= 11 is 0. The Morgan fingerprint density at radius 3 is 2.84 bits per heavy atom. The van der Waals surface area contributed by atoms with Gasteiger partial charge in [0.15, 0.2) is 0 Å². The predicted octanol–water partition coefficient (Wildman–Crippen LogP) is 1.96. The van der Waals surface area contributed by atoms with Gasteiger partial charge in [0, 0.05) is 0 Å². The van der Waals surface area contributed by atoms with Crippen LogP contribution in [0, 0.1) is 13.8 Å². The summed E-state index contributed by atoms with van der Waals surface area (Å²) in [5.41, 5.74) is 1.30. The smallest absolute Gasteiger partial charge is 0.341 e. The molecule has 2 rings (SSSR count). The van der Waals surface area contributed by atoms with Crippen molar-refractivity contribution in [2.24, 2.45) is 0 Å². The van der Waals surface area contributed by atoms with Crippen molar-refractivity contribution in [1.82, 2.24) is 10.3 Å². The molecule has 0 fully saturated rings. The van der Waals surface area contributed by atoms with Crippen LogP contribution in [-0.2, 0) is 17.8 Å². The summed E-state index contributed by atoms with van der Waals surface area (Å²) in [4.78, 5) is 15.5. The first-order valence-electron chi connectivity index (χ1n) is 5.89. The SMILES string of the molecule is COC(=O)c1coc(CNCc2nc(C)c(C)o2)c1. The van der Waals surface area contributed by atoms with E-state index in [0.29, 0.717) is 30.3 Å². The quantitative estimate of drug-likeness (QED) is 0.832. The summed E-state index contributed by atoms with van der Waals surface area (Å²) in [6.45, 7) is 4.76. The van der Waals surface area contributed by atoms with E-state index < -0.39 is 5.97 Å². The second-order valence-electron chi connectivity index (χ2n) is 4.15. The van der Waals surface area contributed by atoms with E-state index in [9.17, 15) is 4.79 Å². The first-order valence-corrected chi connectivity index (χ1v) is 5.89. The molecule has 0 spiro atoms. The summed E-state index contributed by atoms with van der Waals surface area (Å²) in [6.07, 6.45) is 1.38. The number of methoxy groups -OCH3 is 1. The van der Waals surface area contributed by atoms with Gasteiger partial charge in [0.1, 0.15) is 17.8 Å². The minimum absolute atomic E-state index is 0.405. The zero-order valence-electron chi connectivity index (χ0n) is 11.1. The maximum absolute atomic E-state index is 11.2. The molecule has 2 aromatic rings. The lowest BCUT2D eigenvalue weighted by Gasteiger charge is -1.98. The monoisotopic (exact) mass is 264 g/mol. The number of nitrogens with one attached hydrogen (secondary N) is 1. The highest BCUT2D eigenvalue weighted by Gasteiger charge is 2.10. The average molecular weight is 264 g/mol. The molecule has 0 aromatic carbocycles. The highest BCUT2D eigenvalue weighted by molar-refractivity contribution is 5.88. The zero-order chi connectivity index (χ0) is 13.8. The Balaban J connectivity index is 1.85. The summed E-state index contributed by atoms with van der Waals surface area (Å²) in [6, 6.07) is 1.64. The Hall–Kier alpha value is -2.08. The molecule has 0 amide bonds. The fourth-order valence-corrected chi connectivity index (χ4v) is 1.61. The molecule has 0 saturated heterocycles. The molecule has 0 bridgehead atoms. The van der Waals surface area contributed by atoms with Crippen LogP contribution in [-0.4, -0.2) is 18.1 Å². The van der Waals surface area contributed by atoms with Crippen LogP contribution in [0.3, 0.4) is 0 Å². The number of carbonyl (C=O) groups is 1. The van der Waals surface area contributed by atoms with Gasteiger partial charge >= 0.3 is 5.97 Å². The molecule has 2 aromatic heterocycles. The van der Waals surface area contributed by atoms with Gasteiger partial charge in [-0.3, -0.25) is 0 Å². The molecule has 6 heteroatoms. The number of hydrogen-bond donors (Lipinski definition) is 1. The molecule has 0 aliphatic rings. The van der Waals surface area contributed by atoms with Crippen molar-refractivity contribution in [3.8, 4) is 0 Å². The third kappa shape index (κ3) is 3.23. The minimum Gasteiger partial charge on any atom is -0.467 e. The number of oxazole rings is 1. The Morgan fingerprint density at radius 2 is 2.21 bits per heavy atom. The van der Waals surface area contributed by atoms with E-state index in [1.165, 1.54) is 13.4 Å². The average Bonchev–Trinajstić information content (AvgIpc) is 2.97. The molecule has 19 heavy (non-hydrogen) atoms. The first kappa shape index (κ1) is 13.4. The number of rotatable bonds is 5. The van der Waals surface area contributed by atoms with Gasteiger partial charge in [-0.2, -0.15) is 0 Å². The maximum Gasteiger partial charge on any atom is 0.341 e. The number of carbonyl (C=O) groups excluding carboxylic acids is 1. The van der Waals surface area contributed by atoms with E-state index >= 15 is 0 Å². The van der Waals surface area contributed by atoms with E-state index in [1.54, 1.807) is 6.07 Å². The Kier molecular flexibility index (Phi) is 4.01. The number of ether oxygens (including phenoxy) is 1. The fraction of sp³-hybridized carbons (Fsp3) is 0.385.